The maximum atomic E-state index is 4.90. The summed E-state index contributed by atoms with van der Waals surface area (Å²) in [6.07, 6.45) is 9.16. The van der Waals surface area contributed by atoms with Crippen molar-refractivity contribution in [3.63, 3.8) is 0 Å². The van der Waals surface area contributed by atoms with Gasteiger partial charge >= 0.3 is 0 Å². The fourth-order valence-electron chi connectivity index (χ4n) is 3.02. The van der Waals surface area contributed by atoms with Gasteiger partial charge in [0.25, 0.3) is 0 Å². The molecule has 0 saturated carbocycles. The maximum absolute atomic E-state index is 4.90. The monoisotopic (exact) mass is 250 g/mol. The molecule has 1 aromatic heterocycles. The van der Waals surface area contributed by atoms with Crippen LogP contribution in [0.5, 0.6) is 0 Å². The molecule has 1 aliphatic heterocycles. The van der Waals surface area contributed by atoms with E-state index >= 15 is 0 Å². The first-order chi connectivity index (χ1) is 8.36. The third-order valence-electron chi connectivity index (χ3n) is 4.24. The van der Waals surface area contributed by atoms with Crippen molar-refractivity contribution in [3.8, 4) is 0 Å². The fraction of sp³-hybridized carbons (Fsp3) is 0.786. The van der Waals surface area contributed by atoms with Gasteiger partial charge in [-0.15, -0.1) is 11.3 Å². The van der Waals surface area contributed by atoms with E-state index in [1.54, 1.807) is 4.88 Å². The van der Waals surface area contributed by atoms with Crippen molar-refractivity contribution in [2.45, 2.75) is 57.9 Å². The molecule has 94 valence electrons. The smallest absolute Gasteiger partial charge is 0.110 e. The average Bonchev–Trinajstić information content (AvgIpc) is 2.82. The van der Waals surface area contributed by atoms with Crippen LogP contribution in [0.3, 0.4) is 0 Å². The first-order valence-electron chi connectivity index (χ1n) is 7.08. The van der Waals surface area contributed by atoms with Gasteiger partial charge in [-0.05, 0) is 44.6 Å². The second-order valence-electron chi connectivity index (χ2n) is 5.44. The van der Waals surface area contributed by atoms with Crippen LogP contribution in [-0.2, 0) is 12.8 Å². The zero-order chi connectivity index (χ0) is 11.7. The highest BCUT2D eigenvalue weighted by molar-refractivity contribution is 7.11. The van der Waals surface area contributed by atoms with Crippen molar-refractivity contribution in [3.05, 3.63) is 15.6 Å². The topological polar surface area (TPSA) is 24.9 Å². The lowest BCUT2D eigenvalue weighted by atomic mass is 9.89. The molecule has 3 heteroatoms. The van der Waals surface area contributed by atoms with E-state index in [1.165, 1.54) is 62.2 Å². The molecule has 2 nitrogen and oxygen atoms in total. The van der Waals surface area contributed by atoms with Crippen molar-refractivity contribution in [1.29, 1.82) is 0 Å². The Hall–Kier alpha value is -0.410. The number of fused-ring (bicyclic) bond motifs is 1. The van der Waals surface area contributed by atoms with Crippen molar-refractivity contribution in [1.82, 2.24) is 10.3 Å². The number of aryl methyl sites for hydroxylation is 1. The summed E-state index contributed by atoms with van der Waals surface area (Å²) in [5.41, 5.74) is 1.42. The highest BCUT2D eigenvalue weighted by Crippen LogP contribution is 2.35. The van der Waals surface area contributed by atoms with Crippen molar-refractivity contribution < 1.29 is 0 Å². The van der Waals surface area contributed by atoms with E-state index in [9.17, 15) is 0 Å². The largest absolute Gasteiger partial charge is 0.308 e. The molecule has 0 radical (unpaired) electrons. The van der Waals surface area contributed by atoms with Crippen LogP contribution in [0.25, 0.3) is 0 Å². The Morgan fingerprint density at radius 3 is 3.06 bits per heavy atom. The van der Waals surface area contributed by atoms with E-state index in [0.29, 0.717) is 6.04 Å². The van der Waals surface area contributed by atoms with E-state index in [0.717, 1.165) is 5.92 Å². The Morgan fingerprint density at radius 2 is 2.29 bits per heavy atom. The van der Waals surface area contributed by atoms with Crippen molar-refractivity contribution >= 4 is 11.3 Å². The molecule has 17 heavy (non-hydrogen) atoms. The van der Waals surface area contributed by atoms with Crippen LogP contribution in [0, 0.1) is 5.92 Å². The summed E-state index contributed by atoms with van der Waals surface area (Å²) in [6, 6.07) is 0.555. The number of hydrogen-bond acceptors (Lipinski definition) is 3. The zero-order valence-corrected chi connectivity index (χ0v) is 11.5. The summed E-state index contributed by atoms with van der Waals surface area (Å²) in [7, 11) is 0. The summed E-state index contributed by atoms with van der Waals surface area (Å²) in [5, 5.41) is 4.98. The quantitative estimate of drug-likeness (QED) is 0.869. The molecule has 0 aromatic carbocycles. The molecular formula is C14H22N2S. The number of rotatable bonds is 2. The van der Waals surface area contributed by atoms with Gasteiger partial charge in [-0.3, -0.25) is 0 Å². The third-order valence-corrected chi connectivity index (χ3v) is 5.48. The average molecular weight is 250 g/mol. The van der Waals surface area contributed by atoms with Gasteiger partial charge in [0.15, 0.2) is 0 Å². The standard InChI is InChI=1S/C14H22N2S/c1-2-10-6-7-11-13(9-10)17-14(16-11)12-5-3-4-8-15-12/h10,12,15H,2-9H2,1H3. The van der Waals surface area contributed by atoms with Crippen LogP contribution in [-0.4, -0.2) is 11.5 Å². The molecule has 0 amide bonds. The molecule has 0 spiro atoms. The second-order valence-corrected chi connectivity index (χ2v) is 6.56. The number of thiazole rings is 1. The second kappa shape index (κ2) is 5.07. The van der Waals surface area contributed by atoms with E-state index in [2.05, 4.69) is 12.2 Å². The number of aromatic nitrogens is 1. The molecule has 2 atom stereocenters. The fourth-order valence-corrected chi connectivity index (χ4v) is 4.36. The molecule has 0 bridgehead atoms. The van der Waals surface area contributed by atoms with Gasteiger partial charge in [-0.1, -0.05) is 19.8 Å². The van der Waals surface area contributed by atoms with Crippen molar-refractivity contribution in [2.24, 2.45) is 5.92 Å². The van der Waals surface area contributed by atoms with Crippen LogP contribution >= 0.6 is 11.3 Å². The molecule has 1 fully saturated rings. The first-order valence-corrected chi connectivity index (χ1v) is 7.90. The molecule has 2 heterocycles. The Bertz CT molecular complexity index is 380. The van der Waals surface area contributed by atoms with Crippen LogP contribution in [0.4, 0.5) is 0 Å². The van der Waals surface area contributed by atoms with E-state index in [-0.39, 0.29) is 0 Å². The molecule has 3 rings (SSSR count). The minimum absolute atomic E-state index is 0.555. The van der Waals surface area contributed by atoms with Crippen LogP contribution in [0.15, 0.2) is 0 Å². The summed E-state index contributed by atoms with van der Waals surface area (Å²) in [5.74, 6) is 0.912. The van der Waals surface area contributed by atoms with E-state index < -0.39 is 0 Å². The lowest BCUT2D eigenvalue weighted by molar-refractivity contribution is 0.409. The molecule has 1 aliphatic carbocycles. The lowest BCUT2D eigenvalue weighted by Crippen LogP contribution is -2.26. The Kier molecular flexibility index (Phi) is 3.48. The number of piperidine rings is 1. The lowest BCUT2D eigenvalue weighted by Gasteiger charge is -2.21. The maximum Gasteiger partial charge on any atom is 0.110 e. The molecule has 1 saturated heterocycles. The first kappa shape index (κ1) is 11.7. The van der Waals surface area contributed by atoms with Crippen LogP contribution in [0.2, 0.25) is 0 Å². The molecule has 1 aromatic rings. The van der Waals surface area contributed by atoms with Gasteiger partial charge in [0.2, 0.25) is 0 Å². The highest BCUT2D eigenvalue weighted by Gasteiger charge is 2.25. The SMILES string of the molecule is CCC1CCc2nc(C3CCCCN3)sc2C1. The minimum Gasteiger partial charge on any atom is -0.308 e. The van der Waals surface area contributed by atoms with Gasteiger partial charge in [0.1, 0.15) is 5.01 Å². The Balaban J connectivity index is 1.77. The molecule has 2 aliphatic rings. The van der Waals surface area contributed by atoms with Crippen LogP contribution < -0.4 is 5.32 Å². The molecule has 2 unspecified atom stereocenters. The van der Waals surface area contributed by atoms with Crippen molar-refractivity contribution in [2.75, 3.05) is 6.54 Å². The summed E-state index contributed by atoms with van der Waals surface area (Å²) in [4.78, 5) is 6.49. The predicted octanol–water partition coefficient (Wildman–Crippen LogP) is 3.47. The summed E-state index contributed by atoms with van der Waals surface area (Å²) in [6.45, 7) is 3.49. The van der Waals surface area contributed by atoms with E-state index in [1.807, 2.05) is 11.3 Å². The van der Waals surface area contributed by atoms with Gasteiger partial charge in [0, 0.05) is 4.88 Å². The predicted molar refractivity (Wildman–Crippen MR) is 72.5 cm³/mol. The highest BCUT2D eigenvalue weighted by atomic mass is 32.1. The van der Waals surface area contributed by atoms with Gasteiger partial charge in [-0.25, -0.2) is 4.98 Å². The van der Waals surface area contributed by atoms with Crippen LogP contribution in [0.1, 0.15) is 60.6 Å². The molecule has 1 N–H and O–H groups in total. The number of hydrogen-bond donors (Lipinski definition) is 1. The normalized spacial score (nSPS) is 29.0. The minimum atomic E-state index is 0.555. The zero-order valence-electron chi connectivity index (χ0n) is 10.7. The third kappa shape index (κ3) is 2.41. The van der Waals surface area contributed by atoms with Gasteiger partial charge in [-0.2, -0.15) is 0 Å². The summed E-state index contributed by atoms with van der Waals surface area (Å²) < 4.78 is 0. The number of nitrogens with zero attached hydrogens (tertiary/aromatic N) is 1. The Labute approximate surface area is 108 Å². The molecular weight excluding hydrogens is 228 g/mol. The van der Waals surface area contributed by atoms with Gasteiger partial charge in [0.05, 0.1) is 11.7 Å². The number of nitrogens with one attached hydrogen (secondary N) is 1. The Morgan fingerprint density at radius 1 is 1.35 bits per heavy atom. The van der Waals surface area contributed by atoms with E-state index in [4.69, 9.17) is 4.98 Å². The van der Waals surface area contributed by atoms with Gasteiger partial charge < -0.3 is 5.32 Å². The summed E-state index contributed by atoms with van der Waals surface area (Å²) >= 11 is 1.99.